The molecule has 0 N–H and O–H groups in total. The van der Waals surface area contributed by atoms with Crippen molar-refractivity contribution >= 4 is 15.9 Å². The zero-order chi connectivity index (χ0) is 20.9. The molecule has 1 aromatic heterocycles. The molecule has 0 spiro atoms. The molecule has 1 aliphatic heterocycles. The van der Waals surface area contributed by atoms with Crippen molar-refractivity contribution in [3.05, 3.63) is 53.9 Å². The molecule has 156 valence electrons. The van der Waals surface area contributed by atoms with Crippen LogP contribution in [0.4, 0.5) is 0 Å². The number of carbonyl (C=O) groups is 1. The van der Waals surface area contributed by atoms with Crippen LogP contribution in [0, 0.1) is 13.8 Å². The fourth-order valence-corrected chi connectivity index (χ4v) is 4.64. The molecule has 0 radical (unpaired) electrons. The van der Waals surface area contributed by atoms with E-state index in [0.29, 0.717) is 45.6 Å². The average Bonchev–Trinajstić information content (AvgIpc) is 2.74. The van der Waals surface area contributed by atoms with Crippen molar-refractivity contribution in [1.29, 1.82) is 0 Å². The van der Waals surface area contributed by atoms with Crippen LogP contribution >= 0.6 is 0 Å². The molecule has 1 aliphatic rings. The van der Waals surface area contributed by atoms with Crippen molar-refractivity contribution in [3.63, 3.8) is 0 Å². The molecule has 3 rings (SSSR count). The summed E-state index contributed by atoms with van der Waals surface area (Å²) in [5, 5.41) is 0. The zero-order valence-electron chi connectivity index (χ0n) is 16.9. The number of sulfonamides is 1. The number of carbonyl (C=O) groups excluding carboxylic acids is 1. The summed E-state index contributed by atoms with van der Waals surface area (Å²) < 4.78 is 32.5. The predicted molar refractivity (Wildman–Crippen MR) is 110 cm³/mol. The number of aryl methyl sites for hydroxylation is 2. The molecule has 0 unspecified atom stereocenters. The van der Waals surface area contributed by atoms with Crippen LogP contribution in [0.25, 0.3) is 0 Å². The van der Waals surface area contributed by atoms with E-state index in [1.165, 1.54) is 16.6 Å². The first kappa shape index (κ1) is 21.3. The Bertz CT molecular complexity index is 940. The van der Waals surface area contributed by atoms with E-state index >= 15 is 0 Å². The average molecular weight is 418 g/mol. The number of rotatable bonds is 7. The molecule has 7 nitrogen and oxygen atoms in total. The van der Waals surface area contributed by atoms with E-state index in [1.807, 2.05) is 32.0 Å². The van der Waals surface area contributed by atoms with E-state index in [9.17, 15) is 13.2 Å². The number of ether oxygens (including phenoxy) is 1. The SMILES string of the molecule is Cc1ccc(C)c(OCCCC(=O)N2CCN(S(=O)(=O)c3cccnc3)CC2)c1. The lowest BCUT2D eigenvalue weighted by atomic mass is 10.1. The Morgan fingerprint density at radius 2 is 1.90 bits per heavy atom. The van der Waals surface area contributed by atoms with E-state index in [4.69, 9.17) is 4.74 Å². The molecule has 2 heterocycles. The Kier molecular flexibility index (Phi) is 6.87. The molecule has 2 aromatic rings. The summed E-state index contributed by atoms with van der Waals surface area (Å²) >= 11 is 0. The standard InChI is InChI=1S/C21H27N3O4S/c1-17-7-8-18(2)20(15-17)28-14-4-6-21(25)23-10-12-24(13-11-23)29(26,27)19-5-3-9-22-16-19/h3,5,7-9,15-16H,4,6,10-14H2,1-2H3. The summed E-state index contributed by atoms with van der Waals surface area (Å²) in [5.74, 6) is 0.889. The largest absolute Gasteiger partial charge is 0.493 e. The third-order valence-corrected chi connectivity index (χ3v) is 6.88. The highest BCUT2D eigenvalue weighted by molar-refractivity contribution is 7.89. The number of benzene rings is 1. The number of aromatic nitrogens is 1. The second-order valence-corrected chi connectivity index (χ2v) is 9.13. The van der Waals surface area contributed by atoms with E-state index in [0.717, 1.165) is 16.9 Å². The van der Waals surface area contributed by atoms with Crippen molar-refractivity contribution in [2.24, 2.45) is 0 Å². The fraction of sp³-hybridized carbons (Fsp3) is 0.429. The third kappa shape index (κ3) is 5.33. The molecular formula is C21H27N3O4S. The van der Waals surface area contributed by atoms with Crippen LogP contribution in [0.15, 0.2) is 47.6 Å². The summed E-state index contributed by atoms with van der Waals surface area (Å²) in [7, 11) is -3.56. The van der Waals surface area contributed by atoms with Crippen LogP contribution in [0.5, 0.6) is 5.75 Å². The van der Waals surface area contributed by atoms with Crippen LogP contribution in [0.3, 0.4) is 0 Å². The number of piperazine rings is 1. The second-order valence-electron chi connectivity index (χ2n) is 7.19. The normalized spacial score (nSPS) is 15.3. The van der Waals surface area contributed by atoms with E-state index in [1.54, 1.807) is 17.2 Å². The molecule has 0 aliphatic carbocycles. The monoisotopic (exact) mass is 417 g/mol. The van der Waals surface area contributed by atoms with Crippen molar-refractivity contribution in [3.8, 4) is 5.75 Å². The summed E-state index contributed by atoms with van der Waals surface area (Å²) in [6.45, 7) is 5.88. The van der Waals surface area contributed by atoms with Gasteiger partial charge in [0.1, 0.15) is 10.6 Å². The first-order valence-electron chi connectivity index (χ1n) is 9.76. The Balaban J connectivity index is 1.44. The number of hydrogen-bond acceptors (Lipinski definition) is 5. The van der Waals surface area contributed by atoms with E-state index < -0.39 is 10.0 Å². The molecule has 8 heteroatoms. The molecule has 1 saturated heterocycles. The Morgan fingerprint density at radius 1 is 1.14 bits per heavy atom. The summed E-state index contributed by atoms with van der Waals surface area (Å²) in [6.07, 6.45) is 3.91. The van der Waals surface area contributed by atoms with Gasteiger partial charge in [0.25, 0.3) is 0 Å². The quantitative estimate of drug-likeness (QED) is 0.647. The van der Waals surface area contributed by atoms with E-state index in [-0.39, 0.29) is 10.8 Å². The zero-order valence-corrected chi connectivity index (χ0v) is 17.7. The molecule has 29 heavy (non-hydrogen) atoms. The number of nitrogens with zero attached hydrogens (tertiary/aromatic N) is 3. The van der Waals surface area contributed by atoms with Gasteiger partial charge in [-0.1, -0.05) is 12.1 Å². The first-order chi connectivity index (χ1) is 13.9. The van der Waals surface area contributed by atoms with E-state index in [2.05, 4.69) is 4.98 Å². The van der Waals surface area contributed by atoms with Crippen molar-refractivity contribution in [2.45, 2.75) is 31.6 Å². The number of amides is 1. The predicted octanol–water partition coefficient (Wildman–Crippen LogP) is 2.39. The van der Waals surface area contributed by atoms with Crippen LogP contribution in [0.1, 0.15) is 24.0 Å². The van der Waals surface area contributed by atoms with Gasteiger partial charge in [-0.25, -0.2) is 8.42 Å². The molecule has 0 bridgehead atoms. The van der Waals surface area contributed by atoms with Gasteiger partial charge in [-0.2, -0.15) is 4.31 Å². The van der Waals surface area contributed by atoms with Crippen molar-refractivity contribution < 1.29 is 17.9 Å². The fourth-order valence-electron chi connectivity index (χ4n) is 3.25. The van der Waals surface area contributed by atoms with Crippen LogP contribution in [-0.4, -0.2) is 61.3 Å². The first-order valence-corrected chi connectivity index (χ1v) is 11.2. The minimum Gasteiger partial charge on any atom is -0.493 e. The van der Waals surface area contributed by atoms with Gasteiger partial charge in [-0.15, -0.1) is 0 Å². The maximum atomic E-state index is 12.6. The van der Waals surface area contributed by atoms with Gasteiger partial charge in [0.05, 0.1) is 6.61 Å². The summed E-state index contributed by atoms with van der Waals surface area (Å²) in [5.41, 5.74) is 2.22. The minimum atomic E-state index is -3.56. The molecule has 1 aromatic carbocycles. The minimum absolute atomic E-state index is 0.0352. The maximum Gasteiger partial charge on any atom is 0.244 e. The number of hydrogen-bond donors (Lipinski definition) is 0. The highest BCUT2D eigenvalue weighted by atomic mass is 32.2. The van der Waals surface area contributed by atoms with Gasteiger partial charge >= 0.3 is 0 Å². The second kappa shape index (κ2) is 9.37. The highest BCUT2D eigenvalue weighted by Crippen LogP contribution is 2.20. The summed E-state index contributed by atoms with van der Waals surface area (Å²) in [6, 6.07) is 9.20. The molecule has 1 amide bonds. The van der Waals surface area contributed by atoms with Gasteiger partial charge < -0.3 is 9.64 Å². The lowest BCUT2D eigenvalue weighted by molar-refractivity contribution is -0.132. The molecule has 0 saturated carbocycles. The molecule has 1 fully saturated rings. The lowest BCUT2D eigenvalue weighted by Crippen LogP contribution is -2.50. The smallest absolute Gasteiger partial charge is 0.244 e. The van der Waals surface area contributed by atoms with Gasteiger partial charge in [0.2, 0.25) is 15.9 Å². The van der Waals surface area contributed by atoms with Gasteiger partial charge in [0, 0.05) is 45.0 Å². The van der Waals surface area contributed by atoms with Crippen LogP contribution < -0.4 is 4.74 Å². The van der Waals surface area contributed by atoms with Gasteiger partial charge in [-0.3, -0.25) is 9.78 Å². The summed E-state index contributed by atoms with van der Waals surface area (Å²) in [4.78, 5) is 18.2. The van der Waals surface area contributed by atoms with Crippen LogP contribution in [0.2, 0.25) is 0 Å². The Labute approximate surface area is 172 Å². The van der Waals surface area contributed by atoms with Gasteiger partial charge in [0.15, 0.2) is 0 Å². The highest BCUT2D eigenvalue weighted by Gasteiger charge is 2.29. The van der Waals surface area contributed by atoms with Gasteiger partial charge in [-0.05, 0) is 49.6 Å². The van der Waals surface area contributed by atoms with Crippen molar-refractivity contribution in [2.75, 3.05) is 32.8 Å². The topological polar surface area (TPSA) is 79.8 Å². The maximum absolute atomic E-state index is 12.6. The third-order valence-electron chi connectivity index (χ3n) is 5.00. The lowest BCUT2D eigenvalue weighted by Gasteiger charge is -2.34. The molecule has 0 atom stereocenters. The Morgan fingerprint density at radius 3 is 2.59 bits per heavy atom. The van der Waals surface area contributed by atoms with Crippen molar-refractivity contribution in [1.82, 2.24) is 14.2 Å². The molecular weight excluding hydrogens is 390 g/mol. The Hall–Kier alpha value is -2.45. The van der Waals surface area contributed by atoms with Crippen LogP contribution in [-0.2, 0) is 14.8 Å². The number of pyridine rings is 1.